The number of benzene rings is 1. The van der Waals surface area contributed by atoms with Crippen molar-refractivity contribution in [3.8, 4) is 11.8 Å². The van der Waals surface area contributed by atoms with Crippen LogP contribution in [0.2, 0.25) is 0 Å². The molecule has 0 aliphatic carbocycles. The SMILES string of the molecule is Cc1cccc(CC#CCC(=O)O)c1. The van der Waals surface area contributed by atoms with Gasteiger partial charge in [-0.25, -0.2) is 0 Å². The van der Waals surface area contributed by atoms with Crippen molar-refractivity contribution in [2.24, 2.45) is 0 Å². The van der Waals surface area contributed by atoms with Crippen molar-refractivity contribution in [3.63, 3.8) is 0 Å². The highest BCUT2D eigenvalue weighted by molar-refractivity contribution is 5.69. The summed E-state index contributed by atoms with van der Waals surface area (Å²) in [5, 5.41) is 8.35. The van der Waals surface area contributed by atoms with Crippen LogP contribution in [0, 0.1) is 18.8 Å². The second kappa shape index (κ2) is 5.08. The molecule has 0 unspecified atom stereocenters. The molecule has 0 spiro atoms. The van der Waals surface area contributed by atoms with E-state index in [1.165, 1.54) is 5.56 Å². The van der Waals surface area contributed by atoms with Crippen LogP contribution in [0.3, 0.4) is 0 Å². The third-order valence-corrected chi connectivity index (χ3v) is 1.74. The second-order valence-corrected chi connectivity index (χ2v) is 3.09. The molecule has 1 rings (SSSR count). The van der Waals surface area contributed by atoms with E-state index in [9.17, 15) is 4.79 Å². The molecule has 0 atom stereocenters. The predicted molar refractivity (Wildman–Crippen MR) is 54.9 cm³/mol. The molecular weight excluding hydrogens is 176 g/mol. The Morgan fingerprint density at radius 2 is 2.21 bits per heavy atom. The van der Waals surface area contributed by atoms with E-state index in [2.05, 4.69) is 17.9 Å². The zero-order valence-electron chi connectivity index (χ0n) is 8.08. The number of aryl methyl sites for hydroxylation is 1. The largest absolute Gasteiger partial charge is 0.481 e. The van der Waals surface area contributed by atoms with E-state index >= 15 is 0 Å². The van der Waals surface area contributed by atoms with Crippen molar-refractivity contribution in [1.82, 2.24) is 0 Å². The molecule has 72 valence electrons. The van der Waals surface area contributed by atoms with E-state index in [4.69, 9.17) is 5.11 Å². The lowest BCUT2D eigenvalue weighted by molar-refractivity contribution is -0.135. The normalized spacial score (nSPS) is 8.93. The van der Waals surface area contributed by atoms with E-state index in [0.717, 1.165) is 5.56 Å². The van der Waals surface area contributed by atoms with Gasteiger partial charge in [-0.3, -0.25) is 4.79 Å². The maximum atomic E-state index is 10.2. The van der Waals surface area contributed by atoms with Crippen LogP contribution in [0.15, 0.2) is 24.3 Å². The standard InChI is InChI=1S/C12H12O2/c1-10-5-4-7-11(9-10)6-2-3-8-12(13)14/h4-5,7,9H,6,8H2,1H3,(H,13,14). The van der Waals surface area contributed by atoms with Gasteiger partial charge in [0.1, 0.15) is 6.42 Å². The van der Waals surface area contributed by atoms with Crippen LogP contribution in [0.1, 0.15) is 17.5 Å². The van der Waals surface area contributed by atoms with E-state index in [0.29, 0.717) is 6.42 Å². The first-order valence-corrected chi connectivity index (χ1v) is 4.41. The minimum Gasteiger partial charge on any atom is -0.481 e. The van der Waals surface area contributed by atoms with Gasteiger partial charge in [-0.1, -0.05) is 41.7 Å². The Kier molecular flexibility index (Phi) is 3.75. The van der Waals surface area contributed by atoms with Gasteiger partial charge in [0.2, 0.25) is 0 Å². The molecule has 0 saturated carbocycles. The van der Waals surface area contributed by atoms with Gasteiger partial charge in [0.15, 0.2) is 0 Å². The number of carboxylic acid groups (broad SMARTS) is 1. The van der Waals surface area contributed by atoms with E-state index < -0.39 is 5.97 Å². The fourth-order valence-electron chi connectivity index (χ4n) is 1.12. The highest BCUT2D eigenvalue weighted by atomic mass is 16.4. The Labute approximate surface area is 83.6 Å². The number of hydrogen-bond acceptors (Lipinski definition) is 1. The van der Waals surface area contributed by atoms with Gasteiger partial charge in [0.25, 0.3) is 0 Å². The number of aliphatic carboxylic acids is 1. The quantitative estimate of drug-likeness (QED) is 0.721. The predicted octanol–water partition coefficient (Wildman–Crippen LogP) is 2.02. The zero-order chi connectivity index (χ0) is 10.4. The average molecular weight is 188 g/mol. The summed E-state index contributed by atoms with van der Waals surface area (Å²) in [5.74, 6) is 4.56. The first kappa shape index (κ1) is 10.3. The lowest BCUT2D eigenvalue weighted by Crippen LogP contribution is -1.90. The Hall–Kier alpha value is -1.75. The Morgan fingerprint density at radius 1 is 1.43 bits per heavy atom. The number of hydrogen-bond donors (Lipinski definition) is 1. The topological polar surface area (TPSA) is 37.3 Å². The summed E-state index contributed by atoms with van der Waals surface area (Å²) in [5.41, 5.74) is 2.32. The molecule has 2 heteroatoms. The summed E-state index contributed by atoms with van der Waals surface area (Å²) in [4.78, 5) is 10.2. The smallest absolute Gasteiger partial charge is 0.315 e. The van der Waals surface area contributed by atoms with E-state index in [1.54, 1.807) is 0 Å². The molecule has 0 aliphatic rings. The van der Waals surface area contributed by atoms with Crippen LogP contribution in [0.4, 0.5) is 0 Å². The number of carbonyl (C=O) groups is 1. The molecule has 1 aromatic carbocycles. The molecule has 14 heavy (non-hydrogen) atoms. The highest BCUT2D eigenvalue weighted by Crippen LogP contribution is 2.03. The fourth-order valence-corrected chi connectivity index (χ4v) is 1.12. The zero-order valence-corrected chi connectivity index (χ0v) is 8.08. The lowest BCUT2D eigenvalue weighted by Gasteiger charge is -1.95. The summed E-state index contributed by atoms with van der Waals surface area (Å²) in [6.07, 6.45) is 0.542. The third-order valence-electron chi connectivity index (χ3n) is 1.74. The molecular formula is C12H12O2. The maximum Gasteiger partial charge on any atom is 0.315 e. The Morgan fingerprint density at radius 3 is 2.86 bits per heavy atom. The summed E-state index contributed by atoms with van der Waals surface area (Å²) >= 11 is 0. The van der Waals surface area contributed by atoms with Gasteiger partial charge in [-0.05, 0) is 12.5 Å². The molecule has 0 aromatic heterocycles. The second-order valence-electron chi connectivity index (χ2n) is 3.09. The molecule has 0 heterocycles. The summed E-state index contributed by atoms with van der Waals surface area (Å²) in [6.45, 7) is 2.02. The van der Waals surface area contributed by atoms with E-state index in [-0.39, 0.29) is 6.42 Å². The lowest BCUT2D eigenvalue weighted by atomic mass is 10.1. The first-order valence-electron chi connectivity index (χ1n) is 4.41. The molecule has 0 amide bonds. The van der Waals surface area contributed by atoms with Crippen molar-refractivity contribution in [1.29, 1.82) is 0 Å². The number of carboxylic acids is 1. The van der Waals surface area contributed by atoms with Crippen LogP contribution < -0.4 is 0 Å². The molecule has 0 radical (unpaired) electrons. The minimum absolute atomic E-state index is 0.0776. The minimum atomic E-state index is -0.873. The molecule has 1 N–H and O–H groups in total. The van der Waals surface area contributed by atoms with E-state index in [1.807, 2.05) is 25.1 Å². The fraction of sp³-hybridized carbons (Fsp3) is 0.250. The summed E-state index contributed by atoms with van der Waals surface area (Å²) in [7, 11) is 0. The Bertz CT molecular complexity index is 383. The maximum absolute atomic E-state index is 10.2. The van der Waals surface area contributed by atoms with Gasteiger partial charge < -0.3 is 5.11 Å². The van der Waals surface area contributed by atoms with Gasteiger partial charge in [0.05, 0.1) is 0 Å². The van der Waals surface area contributed by atoms with Crippen LogP contribution in [-0.4, -0.2) is 11.1 Å². The van der Waals surface area contributed by atoms with Crippen molar-refractivity contribution in [2.45, 2.75) is 19.8 Å². The highest BCUT2D eigenvalue weighted by Gasteiger charge is 1.90. The number of rotatable bonds is 2. The monoisotopic (exact) mass is 188 g/mol. The summed E-state index contributed by atoms with van der Waals surface area (Å²) < 4.78 is 0. The van der Waals surface area contributed by atoms with Crippen molar-refractivity contribution in [2.75, 3.05) is 0 Å². The van der Waals surface area contributed by atoms with Crippen LogP contribution in [0.5, 0.6) is 0 Å². The van der Waals surface area contributed by atoms with Crippen LogP contribution >= 0.6 is 0 Å². The molecule has 0 fully saturated rings. The van der Waals surface area contributed by atoms with Gasteiger partial charge >= 0.3 is 5.97 Å². The van der Waals surface area contributed by atoms with Gasteiger partial charge in [-0.15, -0.1) is 0 Å². The Balaban J connectivity index is 2.52. The summed E-state index contributed by atoms with van der Waals surface area (Å²) in [6, 6.07) is 8.04. The third kappa shape index (κ3) is 3.77. The van der Waals surface area contributed by atoms with Gasteiger partial charge in [0, 0.05) is 6.42 Å². The molecule has 0 bridgehead atoms. The van der Waals surface area contributed by atoms with Crippen LogP contribution in [0.25, 0.3) is 0 Å². The van der Waals surface area contributed by atoms with Gasteiger partial charge in [-0.2, -0.15) is 0 Å². The molecule has 2 nitrogen and oxygen atoms in total. The van der Waals surface area contributed by atoms with Crippen molar-refractivity contribution in [3.05, 3.63) is 35.4 Å². The molecule has 1 aromatic rings. The first-order chi connectivity index (χ1) is 6.68. The molecule has 0 aliphatic heterocycles. The molecule has 0 saturated heterocycles. The van der Waals surface area contributed by atoms with Crippen molar-refractivity contribution < 1.29 is 9.90 Å². The van der Waals surface area contributed by atoms with Crippen molar-refractivity contribution >= 4 is 5.97 Å². The van der Waals surface area contributed by atoms with Crippen LogP contribution in [-0.2, 0) is 11.2 Å². The average Bonchev–Trinajstić information content (AvgIpc) is 2.12.